The van der Waals surface area contributed by atoms with Crippen LogP contribution in [-0.2, 0) is 5.41 Å². The summed E-state index contributed by atoms with van der Waals surface area (Å²) in [4.78, 5) is 2.42. The normalized spacial score (nSPS) is 14.6. The van der Waals surface area contributed by atoms with E-state index in [1.165, 1.54) is 44.3 Å². The Morgan fingerprint density at radius 2 is 1.06 bits per heavy atom. The summed E-state index contributed by atoms with van der Waals surface area (Å²) >= 11 is 0. The van der Waals surface area contributed by atoms with Gasteiger partial charge in [0.1, 0.15) is 22.7 Å². The minimum Gasteiger partial charge on any atom is -0.458 e. The molecule has 3 nitrogen and oxygen atoms in total. The second kappa shape index (κ2) is 9.05. The highest BCUT2D eigenvalue weighted by molar-refractivity contribution is 7.00. The molecule has 0 unspecified atom stereocenters. The van der Waals surface area contributed by atoms with Crippen LogP contribution in [0.3, 0.4) is 0 Å². The van der Waals surface area contributed by atoms with Gasteiger partial charge in [0, 0.05) is 33.9 Å². The Morgan fingerprint density at radius 1 is 0.468 bits per heavy atom. The van der Waals surface area contributed by atoms with E-state index < -0.39 is 5.41 Å². The first-order valence-corrected chi connectivity index (χ1v) is 16.2. The predicted molar refractivity (Wildman–Crippen MR) is 191 cm³/mol. The van der Waals surface area contributed by atoms with Crippen LogP contribution in [-0.4, -0.2) is 6.71 Å². The van der Waals surface area contributed by atoms with E-state index in [0.29, 0.717) is 0 Å². The van der Waals surface area contributed by atoms with Crippen molar-refractivity contribution >= 4 is 62.1 Å². The number of furan rings is 1. The third kappa shape index (κ3) is 3.12. The standard InChI is InChI=1S/C43H26BNO2/c1-3-12-27(13-4-1)43(28-14-5-2-6-15-28)32-17-9-19-34-40(32)44-41-33(43)18-10-22-37(41)47-38-23-11-20-35(42(38)44)45(34)29-24-25-31-30-16-7-8-21-36(30)46-39(31)26-29/h1-26H. The van der Waals surface area contributed by atoms with Crippen molar-refractivity contribution in [2.45, 2.75) is 5.41 Å². The molecule has 0 N–H and O–H groups in total. The zero-order chi connectivity index (χ0) is 30.7. The maximum atomic E-state index is 6.86. The van der Waals surface area contributed by atoms with Gasteiger partial charge < -0.3 is 14.1 Å². The molecule has 8 aromatic rings. The van der Waals surface area contributed by atoms with Gasteiger partial charge in [-0.25, -0.2) is 0 Å². The van der Waals surface area contributed by atoms with Crippen LogP contribution < -0.4 is 26.0 Å². The first-order valence-electron chi connectivity index (χ1n) is 16.2. The van der Waals surface area contributed by atoms with Crippen molar-refractivity contribution in [1.29, 1.82) is 0 Å². The lowest BCUT2D eigenvalue weighted by Gasteiger charge is -2.50. The first kappa shape index (κ1) is 25.2. The number of fused-ring (bicyclic) bond motifs is 3. The van der Waals surface area contributed by atoms with Gasteiger partial charge in [-0.15, -0.1) is 0 Å². The summed E-state index contributed by atoms with van der Waals surface area (Å²) in [7, 11) is 0. The van der Waals surface area contributed by atoms with E-state index >= 15 is 0 Å². The molecule has 4 heteroatoms. The lowest BCUT2D eigenvalue weighted by atomic mass is 9.28. The Hall–Kier alpha value is -6.00. The molecule has 0 saturated heterocycles. The summed E-state index contributed by atoms with van der Waals surface area (Å²) in [6.45, 7) is 0.0408. The highest BCUT2D eigenvalue weighted by Crippen LogP contribution is 2.51. The van der Waals surface area contributed by atoms with Crippen LogP contribution in [0, 0.1) is 0 Å². The molecule has 7 aromatic carbocycles. The minimum atomic E-state index is -0.544. The van der Waals surface area contributed by atoms with Crippen LogP contribution in [0.5, 0.6) is 11.5 Å². The highest BCUT2D eigenvalue weighted by atomic mass is 16.5. The van der Waals surface area contributed by atoms with Gasteiger partial charge in [-0.2, -0.15) is 0 Å². The van der Waals surface area contributed by atoms with Gasteiger partial charge in [-0.1, -0.05) is 109 Å². The number of hydrogen-bond donors (Lipinski definition) is 0. The molecular weight excluding hydrogens is 573 g/mol. The molecule has 4 heterocycles. The number of benzene rings is 7. The van der Waals surface area contributed by atoms with Crippen molar-refractivity contribution in [2.24, 2.45) is 0 Å². The van der Waals surface area contributed by atoms with Crippen molar-refractivity contribution < 1.29 is 9.15 Å². The largest absolute Gasteiger partial charge is 0.458 e. The summed E-state index contributed by atoms with van der Waals surface area (Å²) < 4.78 is 13.3. The molecule has 3 aliphatic rings. The van der Waals surface area contributed by atoms with Gasteiger partial charge in [0.25, 0.3) is 6.71 Å². The second-order valence-electron chi connectivity index (χ2n) is 12.8. The maximum absolute atomic E-state index is 6.86. The molecule has 0 aliphatic carbocycles. The van der Waals surface area contributed by atoms with Crippen LogP contribution in [0.4, 0.5) is 17.1 Å². The molecule has 0 bridgehead atoms. The van der Waals surface area contributed by atoms with E-state index in [9.17, 15) is 0 Å². The number of nitrogens with zero attached hydrogens (tertiary/aromatic N) is 1. The van der Waals surface area contributed by atoms with E-state index in [2.05, 4.69) is 150 Å². The van der Waals surface area contributed by atoms with Gasteiger partial charge in [-0.05, 0) is 81.1 Å². The van der Waals surface area contributed by atoms with Crippen molar-refractivity contribution in [2.75, 3.05) is 4.90 Å². The Morgan fingerprint density at radius 3 is 1.83 bits per heavy atom. The molecule has 1 aromatic heterocycles. The molecular formula is C43H26BNO2. The average molecular weight is 599 g/mol. The average Bonchev–Trinajstić information content (AvgIpc) is 3.51. The Labute approximate surface area is 272 Å². The maximum Gasteiger partial charge on any atom is 0.257 e. The van der Waals surface area contributed by atoms with Crippen molar-refractivity contribution in [1.82, 2.24) is 0 Å². The van der Waals surface area contributed by atoms with Gasteiger partial charge in [-0.3, -0.25) is 0 Å². The number of rotatable bonds is 3. The molecule has 0 saturated carbocycles. The Kier molecular flexibility index (Phi) is 4.86. The van der Waals surface area contributed by atoms with E-state index in [4.69, 9.17) is 9.15 Å². The van der Waals surface area contributed by atoms with Gasteiger partial charge >= 0.3 is 0 Å². The van der Waals surface area contributed by atoms with E-state index in [1.807, 2.05) is 12.1 Å². The van der Waals surface area contributed by atoms with Crippen LogP contribution in [0.2, 0.25) is 0 Å². The van der Waals surface area contributed by atoms with Crippen LogP contribution >= 0.6 is 0 Å². The number of anilines is 3. The third-order valence-corrected chi connectivity index (χ3v) is 10.6. The summed E-state index contributed by atoms with van der Waals surface area (Å²) in [5.41, 5.74) is 13.5. The molecule has 11 rings (SSSR count). The number of para-hydroxylation sites is 1. The molecule has 0 amide bonds. The Balaban J connectivity index is 1.28. The van der Waals surface area contributed by atoms with E-state index in [0.717, 1.165) is 44.8 Å². The highest BCUT2D eigenvalue weighted by Gasteiger charge is 2.54. The lowest BCUT2D eigenvalue weighted by Crippen LogP contribution is -2.66. The smallest absolute Gasteiger partial charge is 0.257 e. The molecule has 0 atom stereocenters. The summed E-state index contributed by atoms with van der Waals surface area (Å²) in [6.07, 6.45) is 0. The quantitative estimate of drug-likeness (QED) is 0.190. The van der Waals surface area contributed by atoms with Crippen LogP contribution in [0.15, 0.2) is 162 Å². The fourth-order valence-electron chi connectivity index (χ4n) is 8.87. The number of hydrogen-bond acceptors (Lipinski definition) is 3. The fraction of sp³-hybridized carbons (Fsp3) is 0.0233. The van der Waals surface area contributed by atoms with E-state index in [1.54, 1.807) is 0 Å². The van der Waals surface area contributed by atoms with Crippen molar-refractivity contribution in [3.63, 3.8) is 0 Å². The predicted octanol–water partition coefficient (Wildman–Crippen LogP) is 8.69. The molecule has 3 aliphatic heterocycles. The minimum absolute atomic E-state index is 0.0408. The SMILES string of the molecule is c1ccc(C2(c3ccccc3)c3cccc4c3B3c5c(cccc5N(c5ccc6c(c5)oc5ccccc56)c5cccc2c53)O4)cc1. The monoisotopic (exact) mass is 599 g/mol. The summed E-state index contributed by atoms with van der Waals surface area (Å²) in [5, 5.41) is 2.26. The topological polar surface area (TPSA) is 25.6 Å². The first-order chi connectivity index (χ1) is 23.3. The van der Waals surface area contributed by atoms with E-state index in [-0.39, 0.29) is 6.71 Å². The second-order valence-corrected chi connectivity index (χ2v) is 12.8. The lowest BCUT2D eigenvalue weighted by molar-refractivity contribution is 0.485. The summed E-state index contributed by atoms with van der Waals surface area (Å²) in [5.74, 6) is 1.85. The molecule has 0 spiro atoms. The van der Waals surface area contributed by atoms with Gasteiger partial charge in [0.15, 0.2) is 0 Å². The molecule has 218 valence electrons. The van der Waals surface area contributed by atoms with Crippen LogP contribution in [0.25, 0.3) is 21.9 Å². The summed E-state index contributed by atoms with van der Waals surface area (Å²) in [6, 6.07) is 56.9. The molecule has 47 heavy (non-hydrogen) atoms. The Bertz CT molecular complexity index is 2530. The molecule has 0 radical (unpaired) electrons. The van der Waals surface area contributed by atoms with Crippen LogP contribution in [0.1, 0.15) is 22.3 Å². The fourth-order valence-corrected chi connectivity index (χ4v) is 8.87. The van der Waals surface area contributed by atoms with Gasteiger partial charge in [0.05, 0.1) is 5.41 Å². The van der Waals surface area contributed by atoms with Crippen molar-refractivity contribution in [3.05, 3.63) is 180 Å². The zero-order valence-corrected chi connectivity index (χ0v) is 25.4. The third-order valence-electron chi connectivity index (χ3n) is 10.6. The van der Waals surface area contributed by atoms with Gasteiger partial charge in [0.2, 0.25) is 0 Å². The zero-order valence-electron chi connectivity index (χ0n) is 25.4. The number of ether oxygens (including phenoxy) is 1. The molecule has 0 fully saturated rings. The van der Waals surface area contributed by atoms with Crippen molar-refractivity contribution in [3.8, 4) is 11.5 Å².